The molecule has 104 valence electrons. The molecule has 1 N–H and O–H groups in total. The van der Waals surface area contributed by atoms with Crippen molar-refractivity contribution < 1.29 is 14.6 Å². The number of likely N-dealkylation sites (tertiary alicyclic amines) is 1. The zero-order chi connectivity index (χ0) is 13.1. The largest absolute Gasteiger partial charge is 0.480 e. The summed E-state index contributed by atoms with van der Waals surface area (Å²) in [5.41, 5.74) is 0. The first-order chi connectivity index (χ1) is 8.56. The first-order valence-corrected chi connectivity index (χ1v) is 7.13. The number of hydrogen-bond donors (Lipinski definition) is 1. The average Bonchev–Trinajstić information content (AvgIpc) is 2.25. The van der Waals surface area contributed by atoms with Crippen LogP contribution in [-0.4, -0.2) is 47.8 Å². The Bertz CT molecular complexity index is 279. The first kappa shape index (κ1) is 13.8. The Morgan fingerprint density at radius 1 is 1.33 bits per heavy atom. The monoisotopic (exact) mass is 255 g/mol. The molecule has 2 aliphatic rings. The summed E-state index contributed by atoms with van der Waals surface area (Å²) in [5.74, 6) is 0.866. The molecular weight excluding hydrogens is 230 g/mol. The van der Waals surface area contributed by atoms with Gasteiger partial charge in [-0.3, -0.25) is 0 Å². The van der Waals surface area contributed by atoms with Gasteiger partial charge in [0.1, 0.15) is 6.61 Å². The normalized spacial score (nSPS) is 30.4. The Hall–Kier alpha value is -0.610. The van der Waals surface area contributed by atoms with Gasteiger partial charge in [-0.05, 0) is 37.5 Å². The summed E-state index contributed by atoms with van der Waals surface area (Å²) in [5, 5.41) is 8.58. The van der Waals surface area contributed by atoms with Gasteiger partial charge in [0.15, 0.2) is 0 Å². The number of ether oxygens (including phenoxy) is 1. The minimum Gasteiger partial charge on any atom is -0.480 e. The zero-order valence-electron chi connectivity index (χ0n) is 11.5. The summed E-state index contributed by atoms with van der Waals surface area (Å²) in [4.78, 5) is 13.0. The molecule has 0 aromatic carbocycles. The van der Waals surface area contributed by atoms with Crippen LogP contribution in [-0.2, 0) is 9.53 Å². The number of hydrogen-bond acceptors (Lipinski definition) is 3. The van der Waals surface area contributed by atoms with Crippen LogP contribution in [0.1, 0.15) is 39.5 Å². The molecule has 4 nitrogen and oxygen atoms in total. The highest BCUT2D eigenvalue weighted by Crippen LogP contribution is 2.37. The van der Waals surface area contributed by atoms with Crippen molar-refractivity contribution >= 4 is 5.97 Å². The Labute approximate surface area is 109 Å². The van der Waals surface area contributed by atoms with Crippen molar-refractivity contribution in [1.82, 2.24) is 4.90 Å². The van der Waals surface area contributed by atoms with E-state index in [-0.39, 0.29) is 12.7 Å². The predicted molar refractivity (Wildman–Crippen MR) is 69.5 cm³/mol. The van der Waals surface area contributed by atoms with E-state index < -0.39 is 5.97 Å². The minimum atomic E-state index is -0.865. The van der Waals surface area contributed by atoms with Crippen LogP contribution in [0.5, 0.6) is 0 Å². The number of carboxylic acid groups (broad SMARTS) is 1. The topological polar surface area (TPSA) is 49.8 Å². The molecule has 1 saturated heterocycles. The number of nitrogens with zero attached hydrogens (tertiary/aromatic N) is 1. The molecule has 0 amide bonds. The number of piperidine rings is 1. The van der Waals surface area contributed by atoms with E-state index in [0.29, 0.717) is 0 Å². The molecule has 2 rings (SSSR count). The molecule has 0 unspecified atom stereocenters. The summed E-state index contributed by atoms with van der Waals surface area (Å²) in [6.07, 6.45) is 4.81. The number of carbonyl (C=O) groups is 1. The second-order valence-electron chi connectivity index (χ2n) is 6.07. The first-order valence-electron chi connectivity index (χ1n) is 7.13. The SMILES string of the molecule is CC(C)C1CC(N2CCC(OCC(=O)O)CC2)C1. The second kappa shape index (κ2) is 6.02. The van der Waals surface area contributed by atoms with E-state index in [1.54, 1.807) is 0 Å². The molecule has 1 saturated carbocycles. The van der Waals surface area contributed by atoms with Crippen LogP contribution in [0.2, 0.25) is 0 Å². The molecule has 0 radical (unpaired) electrons. The van der Waals surface area contributed by atoms with Gasteiger partial charge in [0.2, 0.25) is 0 Å². The van der Waals surface area contributed by atoms with Crippen LogP contribution in [0.15, 0.2) is 0 Å². The molecular formula is C14H25NO3. The van der Waals surface area contributed by atoms with E-state index in [1.807, 2.05) is 0 Å². The smallest absolute Gasteiger partial charge is 0.329 e. The third-order valence-electron chi connectivity index (χ3n) is 4.53. The quantitative estimate of drug-likeness (QED) is 0.816. The van der Waals surface area contributed by atoms with Crippen molar-refractivity contribution in [2.75, 3.05) is 19.7 Å². The van der Waals surface area contributed by atoms with Crippen molar-refractivity contribution in [2.45, 2.75) is 51.7 Å². The summed E-state index contributed by atoms with van der Waals surface area (Å²) in [6, 6.07) is 0.776. The van der Waals surface area contributed by atoms with Gasteiger partial charge >= 0.3 is 5.97 Å². The van der Waals surface area contributed by atoms with Crippen molar-refractivity contribution in [1.29, 1.82) is 0 Å². The van der Waals surface area contributed by atoms with Gasteiger partial charge < -0.3 is 14.7 Å². The molecule has 0 bridgehead atoms. The van der Waals surface area contributed by atoms with Crippen molar-refractivity contribution in [3.8, 4) is 0 Å². The van der Waals surface area contributed by atoms with Crippen molar-refractivity contribution in [2.24, 2.45) is 11.8 Å². The molecule has 18 heavy (non-hydrogen) atoms. The fourth-order valence-electron chi connectivity index (χ4n) is 3.07. The van der Waals surface area contributed by atoms with E-state index >= 15 is 0 Å². The lowest BCUT2D eigenvalue weighted by atomic mass is 9.72. The molecule has 0 aromatic heterocycles. The minimum absolute atomic E-state index is 0.149. The summed E-state index contributed by atoms with van der Waals surface area (Å²) in [6.45, 7) is 6.61. The molecule has 4 heteroatoms. The highest BCUT2D eigenvalue weighted by atomic mass is 16.5. The van der Waals surface area contributed by atoms with Crippen LogP contribution in [0.4, 0.5) is 0 Å². The summed E-state index contributed by atoms with van der Waals surface area (Å²) >= 11 is 0. The Morgan fingerprint density at radius 2 is 1.94 bits per heavy atom. The van der Waals surface area contributed by atoms with Crippen LogP contribution in [0, 0.1) is 11.8 Å². The highest BCUT2D eigenvalue weighted by Gasteiger charge is 2.36. The predicted octanol–water partition coefficient (Wildman–Crippen LogP) is 1.99. The maximum Gasteiger partial charge on any atom is 0.329 e. The Balaban J connectivity index is 1.64. The summed E-state index contributed by atoms with van der Waals surface area (Å²) in [7, 11) is 0. The van der Waals surface area contributed by atoms with E-state index in [1.165, 1.54) is 12.8 Å². The zero-order valence-corrected chi connectivity index (χ0v) is 11.5. The van der Waals surface area contributed by atoms with Gasteiger partial charge in [-0.25, -0.2) is 4.79 Å². The van der Waals surface area contributed by atoms with E-state index in [9.17, 15) is 4.79 Å². The van der Waals surface area contributed by atoms with Crippen LogP contribution >= 0.6 is 0 Å². The van der Waals surface area contributed by atoms with E-state index in [2.05, 4.69) is 18.7 Å². The van der Waals surface area contributed by atoms with Crippen molar-refractivity contribution in [3.63, 3.8) is 0 Å². The number of aliphatic carboxylic acids is 1. The third-order valence-corrected chi connectivity index (χ3v) is 4.53. The molecule has 0 atom stereocenters. The number of carboxylic acids is 1. The van der Waals surface area contributed by atoms with E-state index in [4.69, 9.17) is 9.84 Å². The van der Waals surface area contributed by atoms with Gasteiger partial charge in [0.05, 0.1) is 6.10 Å². The van der Waals surface area contributed by atoms with Gasteiger partial charge in [-0.15, -0.1) is 0 Å². The highest BCUT2D eigenvalue weighted by molar-refractivity contribution is 5.68. The lowest BCUT2D eigenvalue weighted by molar-refractivity contribution is -0.145. The van der Waals surface area contributed by atoms with Gasteiger partial charge in [-0.2, -0.15) is 0 Å². The van der Waals surface area contributed by atoms with Crippen molar-refractivity contribution in [3.05, 3.63) is 0 Å². The van der Waals surface area contributed by atoms with Gasteiger partial charge in [-0.1, -0.05) is 13.8 Å². The Kier molecular flexibility index (Phi) is 4.62. The van der Waals surface area contributed by atoms with E-state index in [0.717, 1.165) is 43.8 Å². The van der Waals surface area contributed by atoms with Gasteiger partial charge in [0.25, 0.3) is 0 Å². The van der Waals surface area contributed by atoms with Crippen LogP contribution < -0.4 is 0 Å². The van der Waals surface area contributed by atoms with Gasteiger partial charge in [0, 0.05) is 19.1 Å². The maximum atomic E-state index is 10.4. The van der Waals surface area contributed by atoms with Crippen LogP contribution in [0.3, 0.4) is 0 Å². The van der Waals surface area contributed by atoms with Crippen LogP contribution in [0.25, 0.3) is 0 Å². The average molecular weight is 255 g/mol. The molecule has 2 fully saturated rings. The molecule has 0 spiro atoms. The summed E-state index contributed by atoms with van der Waals surface area (Å²) < 4.78 is 5.36. The fourth-order valence-corrected chi connectivity index (χ4v) is 3.07. The standard InChI is InChI=1S/C14H25NO3/c1-10(2)11-7-12(8-11)15-5-3-13(4-6-15)18-9-14(16)17/h10-13H,3-9H2,1-2H3,(H,16,17). The second-order valence-corrected chi connectivity index (χ2v) is 6.07. The molecule has 0 aromatic rings. The lowest BCUT2D eigenvalue weighted by Crippen LogP contribution is -2.50. The Morgan fingerprint density at radius 3 is 2.44 bits per heavy atom. The molecule has 1 aliphatic heterocycles. The maximum absolute atomic E-state index is 10.4. The number of rotatable bonds is 5. The lowest BCUT2D eigenvalue weighted by Gasteiger charge is -2.47. The molecule has 1 heterocycles. The fraction of sp³-hybridized carbons (Fsp3) is 0.929. The molecule has 1 aliphatic carbocycles. The third kappa shape index (κ3) is 3.45.